The van der Waals surface area contributed by atoms with Gasteiger partial charge in [-0.05, 0) is 43.9 Å². The summed E-state index contributed by atoms with van der Waals surface area (Å²) in [7, 11) is 0. The maximum Gasteiger partial charge on any atom is 0.0728 e. The molecule has 2 nitrogen and oxygen atoms in total. The molecule has 0 saturated heterocycles. The third kappa shape index (κ3) is 1.38. The van der Waals surface area contributed by atoms with Crippen molar-refractivity contribution in [3.8, 4) is 0 Å². The fourth-order valence-electron chi connectivity index (χ4n) is 4.50. The molecule has 0 unspecified atom stereocenters. The molecule has 0 heterocycles. The second-order valence-corrected chi connectivity index (χ2v) is 5.96. The Kier molecular flexibility index (Phi) is 2.33. The summed E-state index contributed by atoms with van der Waals surface area (Å²) in [5.74, 6) is 1.17. The molecule has 0 spiro atoms. The number of aliphatic hydroxyl groups excluding tert-OH is 1. The zero-order valence-corrected chi connectivity index (χ0v) is 9.36. The van der Waals surface area contributed by atoms with Gasteiger partial charge in [-0.3, -0.25) is 0 Å². The van der Waals surface area contributed by atoms with Crippen LogP contribution in [0.15, 0.2) is 0 Å². The van der Waals surface area contributed by atoms with Crippen LogP contribution in [-0.2, 0) is 0 Å². The quantitative estimate of drug-likeness (QED) is 0.642. The fraction of sp³-hybridized carbons (Fsp3) is 1.00. The minimum Gasteiger partial charge on any atom is -0.392 e. The highest BCUT2D eigenvalue weighted by Gasteiger charge is 2.54. The average Bonchev–Trinajstić information content (AvgIpc) is 2.21. The van der Waals surface area contributed by atoms with Gasteiger partial charge in [-0.15, -0.1) is 0 Å². The van der Waals surface area contributed by atoms with Gasteiger partial charge in [0.1, 0.15) is 0 Å². The van der Waals surface area contributed by atoms with Gasteiger partial charge in [-0.2, -0.15) is 0 Å². The van der Waals surface area contributed by atoms with Gasteiger partial charge in [0, 0.05) is 5.92 Å². The molecule has 3 saturated carbocycles. The van der Waals surface area contributed by atoms with Gasteiger partial charge in [0.25, 0.3) is 0 Å². The van der Waals surface area contributed by atoms with E-state index in [1.807, 2.05) is 0 Å². The predicted molar refractivity (Wildman–Crippen MR) is 58.4 cm³/mol. The number of hydrogen-bond acceptors (Lipinski definition) is 2. The van der Waals surface area contributed by atoms with Crippen molar-refractivity contribution in [1.29, 1.82) is 0 Å². The van der Waals surface area contributed by atoms with Crippen LogP contribution in [0.25, 0.3) is 0 Å². The zero-order chi connectivity index (χ0) is 10.5. The number of rotatable bonds is 0. The molecule has 3 aliphatic carbocycles. The van der Waals surface area contributed by atoms with Gasteiger partial charge in [0.2, 0.25) is 0 Å². The average molecular weight is 210 g/mol. The van der Waals surface area contributed by atoms with Crippen LogP contribution in [0.2, 0.25) is 0 Å². The highest BCUT2D eigenvalue weighted by molar-refractivity contribution is 5.05. The molecule has 0 aromatic rings. The first-order valence-electron chi connectivity index (χ1n) is 6.62. The van der Waals surface area contributed by atoms with Crippen molar-refractivity contribution in [1.82, 2.24) is 0 Å². The molecule has 0 amide bonds. The van der Waals surface area contributed by atoms with Crippen molar-refractivity contribution in [2.75, 3.05) is 0 Å². The van der Waals surface area contributed by atoms with Crippen LogP contribution in [0.4, 0.5) is 0 Å². The van der Waals surface area contributed by atoms with Crippen LogP contribution in [0, 0.1) is 17.8 Å². The Morgan fingerprint density at radius 3 is 2.73 bits per heavy atom. The van der Waals surface area contributed by atoms with Crippen LogP contribution in [0.3, 0.4) is 0 Å². The fourth-order valence-corrected chi connectivity index (χ4v) is 4.50. The topological polar surface area (TPSA) is 40.5 Å². The molecule has 86 valence electrons. The smallest absolute Gasteiger partial charge is 0.0728 e. The Morgan fingerprint density at radius 2 is 1.87 bits per heavy atom. The lowest BCUT2D eigenvalue weighted by molar-refractivity contribution is -0.191. The van der Waals surface area contributed by atoms with E-state index in [2.05, 4.69) is 0 Å². The van der Waals surface area contributed by atoms with Crippen LogP contribution >= 0.6 is 0 Å². The zero-order valence-electron chi connectivity index (χ0n) is 9.36. The maximum atomic E-state index is 10.8. The molecular formula is C13H22O2. The largest absolute Gasteiger partial charge is 0.392 e. The Bertz CT molecular complexity index is 253. The van der Waals surface area contributed by atoms with Crippen LogP contribution < -0.4 is 0 Å². The minimum absolute atomic E-state index is 0.190. The Morgan fingerprint density at radius 1 is 1.00 bits per heavy atom. The third-order valence-corrected chi connectivity index (χ3v) is 5.30. The van der Waals surface area contributed by atoms with E-state index in [1.165, 1.54) is 25.7 Å². The lowest BCUT2D eigenvalue weighted by Crippen LogP contribution is -2.59. The van der Waals surface area contributed by atoms with Crippen LogP contribution in [0.5, 0.6) is 0 Å². The summed E-state index contributed by atoms with van der Waals surface area (Å²) in [6, 6.07) is 0. The minimum atomic E-state index is -0.505. The van der Waals surface area contributed by atoms with E-state index >= 15 is 0 Å². The molecule has 0 aromatic heterocycles. The summed E-state index contributed by atoms with van der Waals surface area (Å²) in [4.78, 5) is 0. The summed E-state index contributed by atoms with van der Waals surface area (Å²) in [5, 5.41) is 21.0. The summed E-state index contributed by atoms with van der Waals surface area (Å²) in [5.41, 5.74) is -0.505. The van der Waals surface area contributed by atoms with Crippen molar-refractivity contribution in [3.63, 3.8) is 0 Å². The molecule has 0 aromatic carbocycles. The van der Waals surface area contributed by atoms with Gasteiger partial charge in [-0.25, -0.2) is 0 Å². The van der Waals surface area contributed by atoms with Crippen molar-refractivity contribution < 1.29 is 10.2 Å². The molecule has 15 heavy (non-hydrogen) atoms. The highest BCUT2D eigenvalue weighted by atomic mass is 16.3. The molecule has 0 aliphatic heterocycles. The lowest BCUT2D eigenvalue weighted by Gasteiger charge is -2.55. The molecular weight excluding hydrogens is 188 g/mol. The van der Waals surface area contributed by atoms with Gasteiger partial charge in [0.05, 0.1) is 11.7 Å². The second kappa shape index (κ2) is 3.46. The first-order chi connectivity index (χ1) is 7.22. The third-order valence-electron chi connectivity index (χ3n) is 5.30. The van der Waals surface area contributed by atoms with E-state index in [9.17, 15) is 10.2 Å². The second-order valence-electron chi connectivity index (χ2n) is 5.96. The van der Waals surface area contributed by atoms with Gasteiger partial charge >= 0.3 is 0 Å². The Balaban J connectivity index is 1.90. The highest BCUT2D eigenvalue weighted by Crippen LogP contribution is 2.53. The molecule has 2 bridgehead atoms. The summed E-state index contributed by atoms with van der Waals surface area (Å²) in [6.45, 7) is 0. The van der Waals surface area contributed by atoms with E-state index in [-0.39, 0.29) is 12.0 Å². The Labute approximate surface area is 91.7 Å². The summed E-state index contributed by atoms with van der Waals surface area (Å²) >= 11 is 0. The first kappa shape index (κ1) is 10.1. The lowest BCUT2D eigenvalue weighted by atomic mass is 9.54. The molecule has 3 rings (SSSR count). The molecule has 5 atom stereocenters. The molecule has 0 radical (unpaired) electrons. The molecule has 3 fully saturated rings. The predicted octanol–water partition coefficient (Wildman–Crippen LogP) is 2.09. The molecule has 2 N–H and O–H groups in total. The molecule has 3 aliphatic rings. The summed E-state index contributed by atoms with van der Waals surface area (Å²) in [6.07, 6.45) is 8.87. The van der Waals surface area contributed by atoms with Crippen molar-refractivity contribution >= 4 is 0 Å². The van der Waals surface area contributed by atoms with E-state index in [0.29, 0.717) is 11.8 Å². The van der Waals surface area contributed by atoms with Crippen molar-refractivity contribution in [2.24, 2.45) is 17.8 Å². The maximum absolute atomic E-state index is 10.8. The van der Waals surface area contributed by atoms with Crippen LogP contribution in [0.1, 0.15) is 51.4 Å². The van der Waals surface area contributed by atoms with E-state index < -0.39 is 5.60 Å². The normalized spacial score (nSPS) is 54.8. The van der Waals surface area contributed by atoms with Crippen LogP contribution in [-0.4, -0.2) is 21.9 Å². The van der Waals surface area contributed by atoms with Gasteiger partial charge in [0.15, 0.2) is 0 Å². The monoisotopic (exact) mass is 210 g/mol. The van der Waals surface area contributed by atoms with E-state index in [1.54, 1.807) is 0 Å². The SMILES string of the molecule is O[C@@H]1[C@H]2CCC[C@@H]1[C@]1(O)CCCC[C@H]1C2. The van der Waals surface area contributed by atoms with Crippen molar-refractivity contribution in [2.45, 2.75) is 63.1 Å². The van der Waals surface area contributed by atoms with Crippen molar-refractivity contribution in [3.05, 3.63) is 0 Å². The number of fused-ring (bicyclic) bond motifs is 4. The molecule has 2 heteroatoms. The summed E-state index contributed by atoms with van der Waals surface area (Å²) < 4.78 is 0. The first-order valence-corrected chi connectivity index (χ1v) is 6.62. The van der Waals surface area contributed by atoms with Gasteiger partial charge < -0.3 is 10.2 Å². The number of hydrogen-bond donors (Lipinski definition) is 2. The number of aliphatic hydroxyl groups is 2. The Hall–Kier alpha value is -0.0800. The van der Waals surface area contributed by atoms with Gasteiger partial charge in [-0.1, -0.05) is 19.3 Å². The van der Waals surface area contributed by atoms with E-state index in [0.717, 1.165) is 25.7 Å². The van der Waals surface area contributed by atoms with E-state index in [4.69, 9.17) is 0 Å². The standard InChI is InChI=1S/C13H22O2/c14-12-9-4-3-6-11(12)13(15)7-2-1-5-10(13)8-9/h9-12,14-15H,1-8H2/t9-,10-,11-,12+,13-/m0/s1.